The van der Waals surface area contributed by atoms with E-state index in [1.807, 2.05) is 0 Å². The summed E-state index contributed by atoms with van der Waals surface area (Å²) in [5.41, 5.74) is 7.00. The van der Waals surface area contributed by atoms with Crippen molar-refractivity contribution in [3.05, 3.63) is 35.6 Å². The summed E-state index contributed by atoms with van der Waals surface area (Å²) in [5, 5.41) is 9.81. The topological polar surface area (TPSA) is 65.9 Å². The number of benzene rings is 1. The Morgan fingerprint density at radius 3 is 2.75 bits per heavy atom. The van der Waals surface area contributed by atoms with E-state index >= 15 is 0 Å². The molecule has 0 atom stereocenters. The van der Waals surface area contributed by atoms with Gasteiger partial charge in [0.25, 0.3) is 0 Å². The highest BCUT2D eigenvalue weighted by Crippen LogP contribution is 2.25. The summed E-state index contributed by atoms with van der Waals surface area (Å²) in [7, 11) is 0. The number of aromatic nitrogens is 1. The molecule has 0 saturated carbocycles. The molecule has 0 bridgehead atoms. The molecule has 2 heterocycles. The van der Waals surface area contributed by atoms with Gasteiger partial charge in [0, 0.05) is 24.5 Å². The van der Waals surface area contributed by atoms with Crippen molar-refractivity contribution in [3.63, 3.8) is 0 Å². The van der Waals surface area contributed by atoms with Gasteiger partial charge in [0.2, 0.25) is 0 Å². The molecule has 1 aromatic carbocycles. The summed E-state index contributed by atoms with van der Waals surface area (Å²) >= 11 is 0. The van der Waals surface area contributed by atoms with Crippen molar-refractivity contribution in [2.45, 2.75) is 18.9 Å². The van der Waals surface area contributed by atoms with Gasteiger partial charge in [-0.05, 0) is 37.1 Å². The maximum atomic E-state index is 13.3. The number of piperidine rings is 1. The van der Waals surface area contributed by atoms with Crippen LogP contribution in [0.15, 0.2) is 24.3 Å². The molecule has 1 aliphatic rings. The second kappa shape index (κ2) is 5.06. The van der Waals surface area contributed by atoms with E-state index in [4.69, 9.17) is 5.73 Å². The SMILES string of the molecule is N#Cc1cc(N2CCC(N)CC2)nc2ccc(F)cc12. The first-order valence-corrected chi connectivity index (χ1v) is 6.68. The van der Waals surface area contributed by atoms with Crippen molar-refractivity contribution < 1.29 is 4.39 Å². The number of hydrogen-bond acceptors (Lipinski definition) is 4. The highest BCUT2D eigenvalue weighted by atomic mass is 19.1. The van der Waals surface area contributed by atoms with E-state index in [0.29, 0.717) is 16.5 Å². The van der Waals surface area contributed by atoms with Crippen LogP contribution in [0.5, 0.6) is 0 Å². The van der Waals surface area contributed by atoms with Crippen LogP contribution in [-0.4, -0.2) is 24.1 Å². The minimum atomic E-state index is -0.354. The molecule has 1 aromatic heterocycles. The van der Waals surface area contributed by atoms with Gasteiger partial charge in [-0.15, -0.1) is 0 Å². The van der Waals surface area contributed by atoms with E-state index in [-0.39, 0.29) is 11.9 Å². The molecule has 3 rings (SSSR count). The second-order valence-corrected chi connectivity index (χ2v) is 5.13. The van der Waals surface area contributed by atoms with E-state index in [2.05, 4.69) is 16.0 Å². The summed E-state index contributed by atoms with van der Waals surface area (Å²) in [6, 6.07) is 8.45. The quantitative estimate of drug-likeness (QED) is 0.862. The van der Waals surface area contributed by atoms with Crippen LogP contribution in [0.4, 0.5) is 10.2 Å². The van der Waals surface area contributed by atoms with Gasteiger partial charge in [0.1, 0.15) is 11.6 Å². The molecular weight excluding hydrogens is 255 g/mol. The number of fused-ring (bicyclic) bond motifs is 1. The first-order valence-electron chi connectivity index (χ1n) is 6.68. The maximum absolute atomic E-state index is 13.3. The molecule has 1 aliphatic heterocycles. The number of hydrogen-bond donors (Lipinski definition) is 1. The molecule has 0 spiro atoms. The average Bonchev–Trinajstić information content (AvgIpc) is 2.47. The normalized spacial score (nSPS) is 16.4. The van der Waals surface area contributed by atoms with Gasteiger partial charge in [0.05, 0.1) is 17.1 Å². The predicted molar refractivity (Wildman–Crippen MR) is 75.8 cm³/mol. The maximum Gasteiger partial charge on any atom is 0.130 e. The standard InChI is InChI=1S/C15H15FN4/c16-11-1-2-14-13(8-11)10(9-17)7-15(19-14)20-5-3-12(18)4-6-20/h1-2,7-8,12H,3-6,18H2. The number of anilines is 1. The zero-order valence-corrected chi connectivity index (χ0v) is 11.0. The molecule has 102 valence electrons. The van der Waals surface area contributed by atoms with Gasteiger partial charge < -0.3 is 10.6 Å². The number of pyridine rings is 1. The third-order valence-electron chi connectivity index (χ3n) is 3.74. The lowest BCUT2D eigenvalue weighted by Gasteiger charge is -2.31. The molecule has 0 aliphatic carbocycles. The third kappa shape index (κ3) is 2.30. The molecular formula is C15H15FN4. The van der Waals surface area contributed by atoms with Crippen LogP contribution in [0.1, 0.15) is 18.4 Å². The summed E-state index contributed by atoms with van der Waals surface area (Å²) in [5.74, 6) is 0.417. The van der Waals surface area contributed by atoms with Gasteiger partial charge >= 0.3 is 0 Å². The van der Waals surface area contributed by atoms with Gasteiger partial charge in [-0.1, -0.05) is 0 Å². The molecule has 5 heteroatoms. The van der Waals surface area contributed by atoms with Gasteiger partial charge in [-0.25, -0.2) is 9.37 Å². The first-order chi connectivity index (χ1) is 9.67. The lowest BCUT2D eigenvalue weighted by Crippen LogP contribution is -2.40. The molecule has 1 saturated heterocycles. The number of nitriles is 1. The van der Waals surface area contributed by atoms with Crippen LogP contribution in [-0.2, 0) is 0 Å². The Morgan fingerprint density at radius 1 is 1.30 bits per heavy atom. The number of halogens is 1. The van der Waals surface area contributed by atoms with Crippen molar-refractivity contribution in [3.8, 4) is 6.07 Å². The highest BCUT2D eigenvalue weighted by molar-refractivity contribution is 5.86. The molecule has 0 unspecified atom stereocenters. The minimum Gasteiger partial charge on any atom is -0.356 e. The smallest absolute Gasteiger partial charge is 0.130 e. The summed E-state index contributed by atoms with van der Waals surface area (Å²) in [4.78, 5) is 6.67. The Bertz CT molecular complexity index is 684. The third-order valence-corrected chi connectivity index (χ3v) is 3.74. The van der Waals surface area contributed by atoms with Crippen molar-refractivity contribution in [2.24, 2.45) is 5.73 Å². The van der Waals surface area contributed by atoms with E-state index < -0.39 is 0 Å². The van der Waals surface area contributed by atoms with Crippen molar-refractivity contribution in [1.29, 1.82) is 5.26 Å². The molecule has 20 heavy (non-hydrogen) atoms. The lowest BCUT2D eigenvalue weighted by atomic mass is 10.1. The number of rotatable bonds is 1. The Kier molecular flexibility index (Phi) is 3.25. The van der Waals surface area contributed by atoms with E-state index in [0.717, 1.165) is 31.7 Å². The lowest BCUT2D eigenvalue weighted by molar-refractivity contribution is 0.499. The molecule has 4 nitrogen and oxygen atoms in total. The fourth-order valence-corrected chi connectivity index (χ4v) is 2.57. The summed E-state index contributed by atoms with van der Waals surface area (Å²) in [6.07, 6.45) is 1.84. The van der Waals surface area contributed by atoms with Crippen LogP contribution in [0.25, 0.3) is 10.9 Å². The molecule has 2 N–H and O–H groups in total. The predicted octanol–water partition coefficient (Wildman–Crippen LogP) is 2.17. The van der Waals surface area contributed by atoms with Crippen molar-refractivity contribution in [2.75, 3.05) is 18.0 Å². The van der Waals surface area contributed by atoms with E-state index in [9.17, 15) is 9.65 Å². The molecule has 0 amide bonds. The van der Waals surface area contributed by atoms with Crippen molar-refractivity contribution in [1.82, 2.24) is 4.98 Å². The Hall–Kier alpha value is -2.19. The zero-order valence-electron chi connectivity index (χ0n) is 11.0. The molecule has 1 fully saturated rings. The minimum absolute atomic E-state index is 0.247. The Balaban J connectivity index is 2.05. The molecule has 2 aromatic rings. The first kappa shape index (κ1) is 12.8. The second-order valence-electron chi connectivity index (χ2n) is 5.13. The summed E-state index contributed by atoms with van der Waals surface area (Å²) < 4.78 is 13.3. The van der Waals surface area contributed by atoms with E-state index in [1.54, 1.807) is 12.1 Å². The monoisotopic (exact) mass is 270 g/mol. The summed E-state index contributed by atoms with van der Waals surface area (Å²) in [6.45, 7) is 1.68. The van der Waals surface area contributed by atoms with Gasteiger partial charge in [0.15, 0.2) is 0 Å². The van der Waals surface area contributed by atoms with Crippen LogP contribution < -0.4 is 10.6 Å². The highest BCUT2D eigenvalue weighted by Gasteiger charge is 2.18. The van der Waals surface area contributed by atoms with Crippen LogP contribution >= 0.6 is 0 Å². The Labute approximate surface area is 116 Å². The van der Waals surface area contributed by atoms with Crippen LogP contribution in [0.2, 0.25) is 0 Å². The zero-order chi connectivity index (χ0) is 14.1. The number of nitrogens with zero attached hydrogens (tertiary/aromatic N) is 3. The Morgan fingerprint density at radius 2 is 2.05 bits per heavy atom. The van der Waals surface area contributed by atoms with Gasteiger partial charge in [-0.3, -0.25) is 0 Å². The van der Waals surface area contributed by atoms with Crippen LogP contribution in [0.3, 0.4) is 0 Å². The largest absolute Gasteiger partial charge is 0.356 e. The number of nitrogens with two attached hydrogens (primary N) is 1. The average molecular weight is 270 g/mol. The van der Waals surface area contributed by atoms with Crippen molar-refractivity contribution >= 4 is 16.7 Å². The van der Waals surface area contributed by atoms with Gasteiger partial charge in [-0.2, -0.15) is 5.26 Å². The molecule has 0 radical (unpaired) electrons. The van der Waals surface area contributed by atoms with E-state index in [1.165, 1.54) is 12.1 Å². The van der Waals surface area contributed by atoms with Crippen LogP contribution in [0, 0.1) is 17.1 Å². The fraction of sp³-hybridized carbons (Fsp3) is 0.333. The fourth-order valence-electron chi connectivity index (χ4n) is 2.57.